The number of rotatable bonds is 5. The Kier molecular flexibility index (Phi) is 4.66. The smallest absolute Gasteiger partial charge is 0.0601 e. The van der Waals surface area contributed by atoms with E-state index in [0.717, 1.165) is 17.9 Å². The standard InChI is InChI=1S/C14H27NO/c1-11-4-3-5-12(8-11)6-7-15-13-9-14(10-13)16-2/h11-15H,3-10H2,1-2H3. The van der Waals surface area contributed by atoms with E-state index >= 15 is 0 Å². The predicted octanol–water partition coefficient (Wildman–Crippen LogP) is 2.97. The predicted molar refractivity (Wildman–Crippen MR) is 67.6 cm³/mol. The maximum atomic E-state index is 5.29. The number of hydrogen-bond donors (Lipinski definition) is 1. The Balaban J connectivity index is 1.51. The summed E-state index contributed by atoms with van der Waals surface area (Å²) in [5.74, 6) is 1.97. The summed E-state index contributed by atoms with van der Waals surface area (Å²) >= 11 is 0. The molecule has 0 spiro atoms. The van der Waals surface area contributed by atoms with Crippen LogP contribution in [0.3, 0.4) is 0 Å². The quantitative estimate of drug-likeness (QED) is 0.776. The van der Waals surface area contributed by atoms with Crippen molar-refractivity contribution >= 4 is 0 Å². The molecule has 16 heavy (non-hydrogen) atoms. The molecule has 2 saturated carbocycles. The fraction of sp³-hybridized carbons (Fsp3) is 1.00. The molecule has 2 heteroatoms. The van der Waals surface area contributed by atoms with E-state index in [1.807, 2.05) is 7.11 Å². The topological polar surface area (TPSA) is 21.3 Å². The van der Waals surface area contributed by atoms with Crippen LogP contribution in [0.2, 0.25) is 0 Å². The van der Waals surface area contributed by atoms with Crippen molar-refractivity contribution in [2.24, 2.45) is 11.8 Å². The van der Waals surface area contributed by atoms with Crippen molar-refractivity contribution in [2.75, 3.05) is 13.7 Å². The third-order valence-corrected chi connectivity index (χ3v) is 4.46. The van der Waals surface area contributed by atoms with Crippen LogP contribution < -0.4 is 5.32 Å². The van der Waals surface area contributed by atoms with Crippen LogP contribution in [0, 0.1) is 11.8 Å². The van der Waals surface area contributed by atoms with Crippen LogP contribution >= 0.6 is 0 Å². The Bertz CT molecular complexity index is 201. The molecule has 2 aliphatic carbocycles. The third-order valence-electron chi connectivity index (χ3n) is 4.46. The molecule has 2 unspecified atom stereocenters. The minimum atomic E-state index is 0.534. The fourth-order valence-corrected chi connectivity index (χ4v) is 3.24. The second-order valence-corrected chi connectivity index (χ2v) is 5.91. The van der Waals surface area contributed by atoms with Crippen molar-refractivity contribution in [3.05, 3.63) is 0 Å². The summed E-state index contributed by atoms with van der Waals surface area (Å²) < 4.78 is 5.29. The van der Waals surface area contributed by atoms with Gasteiger partial charge in [0.25, 0.3) is 0 Å². The highest BCUT2D eigenvalue weighted by molar-refractivity contribution is 4.85. The first-order valence-electron chi connectivity index (χ1n) is 7.04. The second-order valence-electron chi connectivity index (χ2n) is 5.91. The molecule has 0 aliphatic heterocycles. The zero-order chi connectivity index (χ0) is 11.4. The molecule has 2 aliphatic rings. The molecule has 94 valence electrons. The van der Waals surface area contributed by atoms with Gasteiger partial charge in [-0.1, -0.05) is 26.2 Å². The van der Waals surface area contributed by atoms with Crippen molar-refractivity contribution in [1.82, 2.24) is 5.32 Å². The summed E-state index contributed by atoms with van der Waals surface area (Å²) in [5.41, 5.74) is 0. The van der Waals surface area contributed by atoms with Gasteiger partial charge in [-0.2, -0.15) is 0 Å². The van der Waals surface area contributed by atoms with Crippen LogP contribution in [0.4, 0.5) is 0 Å². The first kappa shape index (κ1) is 12.4. The molecule has 0 saturated heterocycles. The van der Waals surface area contributed by atoms with Crippen LogP contribution in [0.1, 0.15) is 51.9 Å². The van der Waals surface area contributed by atoms with Gasteiger partial charge < -0.3 is 10.1 Å². The van der Waals surface area contributed by atoms with Crippen molar-refractivity contribution < 1.29 is 4.74 Å². The van der Waals surface area contributed by atoms with Crippen LogP contribution in [0.25, 0.3) is 0 Å². The zero-order valence-corrected chi connectivity index (χ0v) is 10.9. The summed E-state index contributed by atoms with van der Waals surface area (Å²) in [6.45, 7) is 3.63. The van der Waals surface area contributed by atoms with Crippen molar-refractivity contribution in [3.63, 3.8) is 0 Å². The van der Waals surface area contributed by atoms with Gasteiger partial charge in [0.1, 0.15) is 0 Å². The van der Waals surface area contributed by atoms with Crippen LogP contribution in [-0.2, 0) is 4.74 Å². The van der Waals surface area contributed by atoms with Gasteiger partial charge in [-0.3, -0.25) is 0 Å². The van der Waals surface area contributed by atoms with Gasteiger partial charge in [0.2, 0.25) is 0 Å². The number of hydrogen-bond acceptors (Lipinski definition) is 2. The molecule has 2 rings (SSSR count). The number of methoxy groups -OCH3 is 1. The van der Waals surface area contributed by atoms with E-state index in [-0.39, 0.29) is 0 Å². The van der Waals surface area contributed by atoms with Crippen LogP contribution in [0.5, 0.6) is 0 Å². The van der Waals surface area contributed by atoms with E-state index in [1.54, 1.807) is 0 Å². The van der Waals surface area contributed by atoms with Crippen molar-refractivity contribution in [1.29, 1.82) is 0 Å². The lowest BCUT2D eigenvalue weighted by molar-refractivity contribution is 0.0170. The normalized spacial score (nSPS) is 39.4. The van der Waals surface area contributed by atoms with E-state index < -0.39 is 0 Å². The molecule has 0 aromatic heterocycles. The van der Waals surface area contributed by atoms with E-state index in [9.17, 15) is 0 Å². The van der Waals surface area contributed by atoms with Crippen molar-refractivity contribution in [3.8, 4) is 0 Å². The lowest BCUT2D eigenvalue weighted by atomic mass is 9.80. The molecule has 2 fully saturated rings. The molecule has 0 bridgehead atoms. The minimum absolute atomic E-state index is 0.534. The van der Waals surface area contributed by atoms with E-state index in [1.165, 1.54) is 51.5 Å². The zero-order valence-electron chi connectivity index (χ0n) is 10.9. The third kappa shape index (κ3) is 3.46. The summed E-state index contributed by atoms with van der Waals surface area (Å²) in [7, 11) is 1.82. The molecular weight excluding hydrogens is 198 g/mol. The van der Waals surface area contributed by atoms with Gasteiger partial charge in [0.15, 0.2) is 0 Å². The van der Waals surface area contributed by atoms with Gasteiger partial charge in [0, 0.05) is 13.2 Å². The molecule has 0 aromatic carbocycles. The van der Waals surface area contributed by atoms with E-state index in [4.69, 9.17) is 4.74 Å². The highest BCUT2D eigenvalue weighted by Gasteiger charge is 2.28. The average molecular weight is 225 g/mol. The second kappa shape index (κ2) is 6.02. The van der Waals surface area contributed by atoms with Gasteiger partial charge in [0.05, 0.1) is 6.10 Å². The fourth-order valence-electron chi connectivity index (χ4n) is 3.24. The Morgan fingerprint density at radius 1 is 1.19 bits per heavy atom. The molecule has 2 atom stereocenters. The number of ether oxygens (including phenoxy) is 1. The summed E-state index contributed by atoms with van der Waals surface area (Å²) in [6, 6.07) is 0.742. The highest BCUT2D eigenvalue weighted by atomic mass is 16.5. The van der Waals surface area contributed by atoms with Crippen LogP contribution in [-0.4, -0.2) is 25.8 Å². The molecule has 0 aromatic rings. The lowest BCUT2D eigenvalue weighted by Gasteiger charge is -2.35. The highest BCUT2D eigenvalue weighted by Crippen LogP contribution is 2.30. The molecule has 2 nitrogen and oxygen atoms in total. The monoisotopic (exact) mass is 225 g/mol. The Morgan fingerprint density at radius 2 is 2.00 bits per heavy atom. The van der Waals surface area contributed by atoms with E-state index in [2.05, 4.69) is 12.2 Å². The number of nitrogens with one attached hydrogen (secondary N) is 1. The summed E-state index contributed by atoms with van der Waals surface area (Å²) in [6.07, 6.45) is 10.2. The van der Waals surface area contributed by atoms with Gasteiger partial charge in [-0.25, -0.2) is 0 Å². The molecule has 0 radical (unpaired) electrons. The maximum Gasteiger partial charge on any atom is 0.0601 e. The molecule has 1 N–H and O–H groups in total. The van der Waals surface area contributed by atoms with Gasteiger partial charge >= 0.3 is 0 Å². The molecular formula is C14H27NO. The minimum Gasteiger partial charge on any atom is -0.381 e. The maximum absolute atomic E-state index is 5.29. The Labute approximate surface area is 100 Å². The first-order chi connectivity index (χ1) is 7.78. The molecule has 0 heterocycles. The van der Waals surface area contributed by atoms with E-state index in [0.29, 0.717) is 6.10 Å². The average Bonchev–Trinajstić information content (AvgIpc) is 2.21. The van der Waals surface area contributed by atoms with Gasteiger partial charge in [-0.05, 0) is 44.1 Å². The lowest BCUT2D eigenvalue weighted by Crippen LogP contribution is -2.45. The Hall–Kier alpha value is -0.0800. The molecule has 0 amide bonds. The summed E-state index contributed by atoms with van der Waals surface area (Å²) in [5, 5.41) is 3.67. The largest absolute Gasteiger partial charge is 0.381 e. The van der Waals surface area contributed by atoms with Crippen molar-refractivity contribution in [2.45, 2.75) is 64.0 Å². The van der Waals surface area contributed by atoms with Gasteiger partial charge in [-0.15, -0.1) is 0 Å². The first-order valence-corrected chi connectivity index (χ1v) is 7.04. The SMILES string of the molecule is COC1CC(NCCC2CCCC(C)C2)C1. The van der Waals surface area contributed by atoms with Crippen LogP contribution in [0.15, 0.2) is 0 Å². The summed E-state index contributed by atoms with van der Waals surface area (Å²) in [4.78, 5) is 0. The Morgan fingerprint density at radius 3 is 2.69 bits per heavy atom.